The van der Waals surface area contributed by atoms with Gasteiger partial charge in [-0.05, 0) is 6.42 Å². The molecule has 1 saturated carbocycles. The van der Waals surface area contributed by atoms with E-state index in [4.69, 9.17) is 5.73 Å². The summed E-state index contributed by atoms with van der Waals surface area (Å²) in [7, 11) is 1.54. The van der Waals surface area contributed by atoms with Crippen molar-refractivity contribution in [1.82, 2.24) is 14.5 Å². The fourth-order valence-corrected chi connectivity index (χ4v) is 2.65. The van der Waals surface area contributed by atoms with Crippen LogP contribution in [0.2, 0.25) is 0 Å². The molecule has 5 nitrogen and oxygen atoms in total. The van der Waals surface area contributed by atoms with Gasteiger partial charge in [0.25, 0.3) is 11.8 Å². The molecule has 1 aromatic heterocycles. The average molecular weight is 284 g/mol. The second kappa shape index (κ2) is 4.51. The maximum absolute atomic E-state index is 12.9. The van der Waals surface area contributed by atoms with Gasteiger partial charge in [-0.3, -0.25) is 4.79 Å². The number of imidazole rings is 1. The summed E-state index contributed by atoms with van der Waals surface area (Å²) in [5.41, 5.74) is 6.19. The normalized spacial score (nSPS) is 27.0. The van der Waals surface area contributed by atoms with Crippen LogP contribution in [0.3, 0.4) is 0 Å². The Morgan fingerprint density at radius 2 is 2.35 bits per heavy atom. The highest BCUT2D eigenvalue weighted by Crippen LogP contribution is 2.48. The molecule has 0 aromatic carbocycles. The van der Waals surface area contributed by atoms with Gasteiger partial charge in [0.05, 0.1) is 0 Å². The summed E-state index contributed by atoms with van der Waals surface area (Å²) in [5.74, 6) is -2.76. The van der Waals surface area contributed by atoms with Gasteiger partial charge < -0.3 is 15.2 Å². The lowest BCUT2D eigenvalue weighted by Crippen LogP contribution is -2.31. The largest absolute Gasteiger partial charge is 0.340 e. The highest BCUT2D eigenvalue weighted by atomic mass is 19.3. The first-order chi connectivity index (χ1) is 9.37. The SMILES string of the molecule is CN(CC1CC1(F)F)C(=O)c1cn2c(n1)CCC(N)C2. The van der Waals surface area contributed by atoms with E-state index in [-0.39, 0.29) is 24.9 Å². The quantitative estimate of drug-likeness (QED) is 0.896. The Labute approximate surface area is 115 Å². The molecular formula is C13H18F2N4O. The minimum Gasteiger partial charge on any atom is -0.340 e. The van der Waals surface area contributed by atoms with Crippen molar-refractivity contribution in [2.75, 3.05) is 13.6 Å². The predicted octanol–water partition coefficient (Wildman–Crippen LogP) is 0.884. The Hall–Kier alpha value is -1.50. The fraction of sp³-hybridized carbons (Fsp3) is 0.692. The molecule has 1 fully saturated rings. The molecule has 2 heterocycles. The van der Waals surface area contributed by atoms with Gasteiger partial charge in [-0.1, -0.05) is 0 Å². The smallest absolute Gasteiger partial charge is 0.273 e. The number of alkyl halides is 2. The average Bonchev–Trinajstić information content (AvgIpc) is 2.82. The van der Waals surface area contributed by atoms with Gasteiger partial charge in [0.1, 0.15) is 11.5 Å². The summed E-state index contributed by atoms with van der Waals surface area (Å²) in [5, 5.41) is 0. The maximum atomic E-state index is 12.9. The lowest BCUT2D eigenvalue weighted by Gasteiger charge is -2.19. The Bertz CT molecular complexity index is 542. The molecule has 2 unspecified atom stereocenters. The predicted molar refractivity (Wildman–Crippen MR) is 68.5 cm³/mol. The molecule has 2 atom stereocenters. The van der Waals surface area contributed by atoms with E-state index in [1.165, 1.54) is 4.90 Å². The molecule has 2 N–H and O–H groups in total. The van der Waals surface area contributed by atoms with Gasteiger partial charge in [-0.15, -0.1) is 0 Å². The van der Waals surface area contributed by atoms with Gasteiger partial charge in [-0.25, -0.2) is 13.8 Å². The topological polar surface area (TPSA) is 64.2 Å². The molecule has 3 rings (SSSR count). The minimum atomic E-state index is -2.60. The first kappa shape index (κ1) is 13.5. The van der Waals surface area contributed by atoms with E-state index in [0.717, 1.165) is 18.7 Å². The highest BCUT2D eigenvalue weighted by molar-refractivity contribution is 5.92. The standard InChI is InChI=1S/C13H18F2N4O/c1-18(5-8-4-13(8,14)15)12(20)10-7-19-6-9(16)2-3-11(19)17-10/h7-9H,2-6,16H2,1H3. The third-order valence-electron chi connectivity index (χ3n) is 4.04. The minimum absolute atomic E-state index is 0.0769. The van der Waals surface area contributed by atoms with E-state index in [9.17, 15) is 13.6 Å². The monoisotopic (exact) mass is 284 g/mol. The molecule has 0 radical (unpaired) electrons. The third-order valence-corrected chi connectivity index (χ3v) is 4.04. The number of rotatable bonds is 3. The van der Waals surface area contributed by atoms with Gasteiger partial charge >= 0.3 is 0 Å². The van der Waals surface area contributed by atoms with Crippen LogP contribution in [0, 0.1) is 5.92 Å². The zero-order valence-electron chi connectivity index (χ0n) is 11.4. The van der Waals surface area contributed by atoms with Crippen molar-refractivity contribution in [3.63, 3.8) is 0 Å². The first-order valence-corrected chi connectivity index (χ1v) is 6.82. The summed E-state index contributed by atoms with van der Waals surface area (Å²) in [6.07, 6.45) is 3.16. The second-order valence-corrected chi connectivity index (χ2v) is 5.84. The number of carbonyl (C=O) groups excluding carboxylic acids is 1. The number of halogens is 2. The maximum Gasteiger partial charge on any atom is 0.273 e. The van der Waals surface area contributed by atoms with E-state index in [0.29, 0.717) is 12.2 Å². The summed E-state index contributed by atoms with van der Waals surface area (Å²) < 4.78 is 27.6. The van der Waals surface area contributed by atoms with E-state index >= 15 is 0 Å². The van der Waals surface area contributed by atoms with Gasteiger partial charge in [0, 0.05) is 51.1 Å². The van der Waals surface area contributed by atoms with E-state index < -0.39 is 11.8 Å². The molecule has 20 heavy (non-hydrogen) atoms. The molecule has 1 amide bonds. The second-order valence-electron chi connectivity index (χ2n) is 5.84. The molecule has 0 saturated heterocycles. The Morgan fingerprint density at radius 1 is 1.65 bits per heavy atom. The molecule has 1 aliphatic heterocycles. The molecule has 110 valence electrons. The van der Waals surface area contributed by atoms with Crippen molar-refractivity contribution in [2.24, 2.45) is 11.7 Å². The van der Waals surface area contributed by atoms with E-state index in [1.807, 2.05) is 4.57 Å². The lowest BCUT2D eigenvalue weighted by molar-refractivity contribution is 0.0699. The van der Waals surface area contributed by atoms with Gasteiger partial charge in [0.2, 0.25) is 0 Å². The van der Waals surface area contributed by atoms with Crippen LogP contribution in [-0.2, 0) is 13.0 Å². The van der Waals surface area contributed by atoms with E-state index in [2.05, 4.69) is 4.98 Å². The molecule has 2 aliphatic rings. The van der Waals surface area contributed by atoms with Crippen LogP contribution in [-0.4, -0.2) is 45.9 Å². The van der Waals surface area contributed by atoms with Crippen LogP contribution >= 0.6 is 0 Å². The zero-order valence-corrected chi connectivity index (χ0v) is 11.4. The number of amides is 1. The van der Waals surface area contributed by atoms with Crippen LogP contribution in [0.25, 0.3) is 0 Å². The number of aromatic nitrogens is 2. The fourth-order valence-electron chi connectivity index (χ4n) is 2.65. The zero-order chi connectivity index (χ0) is 14.5. The van der Waals surface area contributed by atoms with Crippen LogP contribution in [0.4, 0.5) is 8.78 Å². The number of nitrogens with two attached hydrogens (primary N) is 1. The number of aryl methyl sites for hydroxylation is 1. The number of nitrogens with zero attached hydrogens (tertiary/aromatic N) is 3. The van der Waals surface area contributed by atoms with Crippen LogP contribution in [0.15, 0.2) is 6.20 Å². The number of hydrogen-bond donors (Lipinski definition) is 1. The molecule has 1 aliphatic carbocycles. The Kier molecular flexibility index (Phi) is 3.04. The molecule has 7 heteroatoms. The van der Waals surface area contributed by atoms with Crippen molar-refractivity contribution < 1.29 is 13.6 Å². The van der Waals surface area contributed by atoms with Crippen molar-refractivity contribution in [2.45, 2.75) is 37.8 Å². The Balaban J connectivity index is 1.68. The number of fused-ring (bicyclic) bond motifs is 1. The molecule has 0 spiro atoms. The van der Waals surface area contributed by atoms with Crippen molar-refractivity contribution >= 4 is 5.91 Å². The molecule has 0 bridgehead atoms. The van der Waals surface area contributed by atoms with E-state index in [1.54, 1.807) is 13.2 Å². The van der Waals surface area contributed by atoms with Crippen LogP contribution in [0.5, 0.6) is 0 Å². The molecule has 1 aromatic rings. The van der Waals surface area contributed by atoms with Crippen molar-refractivity contribution in [1.29, 1.82) is 0 Å². The first-order valence-electron chi connectivity index (χ1n) is 6.82. The summed E-state index contributed by atoms with van der Waals surface area (Å²) in [6, 6.07) is 0.0857. The number of carbonyl (C=O) groups is 1. The highest BCUT2D eigenvalue weighted by Gasteiger charge is 2.57. The van der Waals surface area contributed by atoms with Gasteiger partial charge in [-0.2, -0.15) is 0 Å². The summed E-state index contributed by atoms with van der Waals surface area (Å²) in [4.78, 5) is 17.8. The van der Waals surface area contributed by atoms with Crippen LogP contribution in [0.1, 0.15) is 29.2 Å². The molecular weight excluding hydrogens is 266 g/mol. The van der Waals surface area contributed by atoms with Crippen molar-refractivity contribution in [3.8, 4) is 0 Å². The third kappa shape index (κ3) is 2.42. The number of hydrogen-bond acceptors (Lipinski definition) is 3. The Morgan fingerprint density at radius 3 is 3.00 bits per heavy atom. The summed E-state index contributed by atoms with van der Waals surface area (Å²) in [6.45, 7) is 0.730. The van der Waals surface area contributed by atoms with Crippen molar-refractivity contribution in [3.05, 3.63) is 17.7 Å². The lowest BCUT2D eigenvalue weighted by atomic mass is 10.1. The van der Waals surface area contributed by atoms with Gasteiger partial charge in [0.15, 0.2) is 0 Å². The summed E-state index contributed by atoms with van der Waals surface area (Å²) >= 11 is 0. The van der Waals surface area contributed by atoms with Crippen LogP contribution < -0.4 is 5.73 Å².